The molecule has 6 heterocycles. The van der Waals surface area contributed by atoms with E-state index >= 15 is 0 Å². The second-order valence-corrected chi connectivity index (χ2v) is 10.00. The van der Waals surface area contributed by atoms with Crippen LogP contribution in [-0.4, -0.2) is 63.5 Å². The summed E-state index contributed by atoms with van der Waals surface area (Å²) in [5.41, 5.74) is 1.05. The summed E-state index contributed by atoms with van der Waals surface area (Å²) in [5, 5.41) is 17.6. The van der Waals surface area contributed by atoms with E-state index in [0.29, 0.717) is 60.0 Å². The van der Waals surface area contributed by atoms with Gasteiger partial charge < -0.3 is 30.0 Å². The Kier molecular flexibility index (Phi) is 7.12. The summed E-state index contributed by atoms with van der Waals surface area (Å²) < 4.78 is 31.7. The quantitative estimate of drug-likeness (QED) is 0.410. The number of aliphatic hydroxyl groups is 1. The zero-order chi connectivity index (χ0) is 25.6. The van der Waals surface area contributed by atoms with Gasteiger partial charge in [0, 0.05) is 30.1 Å². The lowest BCUT2D eigenvalue weighted by atomic mass is 9.68. The normalized spacial score (nSPS) is 24.7. The second kappa shape index (κ2) is 10.2. The van der Waals surface area contributed by atoms with Crippen molar-refractivity contribution in [2.45, 2.75) is 55.9 Å². The van der Waals surface area contributed by atoms with Crippen LogP contribution in [0.25, 0.3) is 11.0 Å². The number of fused-ring (bicyclic) bond motifs is 5. The summed E-state index contributed by atoms with van der Waals surface area (Å²) in [5.74, 6) is 0.624. The zero-order valence-corrected chi connectivity index (χ0v) is 21.6. The zero-order valence-electron chi connectivity index (χ0n) is 20.8. The van der Waals surface area contributed by atoms with Gasteiger partial charge in [0.1, 0.15) is 5.82 Å². The Bertz CT molecular complexity index is 1350. The molecule has 1 saturated carbocycles. The Labute approximate surface area is 224 Å². The number of pyridine rings is 3. The van der Waals surface area contributed by atoms with Crippen molar-refractivity contribution in [2.75, 3.05) is 25.6 Å². The number of hydrogen-bond donors (Lipinski definition) is 3. The first-order valence-electron chi connectivity index (χ1n) is 12.4. The van der Waals surface area contributed by atoms with Crippen molar-refractivity contribution in [3.05, 3.63) is 47.5 Å². The fourth-order valence-corrected chi connectivity index (χ4v) is 5.52. The molecule has 12 heteroatoms. The van der Waals surface area contributed by atoms with E-state index < -0.39 is 17.5 Å². The molecule has 7 rings (SSSR count). The number of carbonyl (C=O) groups is 1. The lowest BCUT2D eigenvalue weighted by Gasteiger charge is -2.55. The van der Waals surface area contributed by atoms with Crippen molar-refractivity contribution in [1.29, 1.82) is 0 Å². The molecule has 2 bridgehead atoms. The van der Waals surface area contributed by atoms with E-state index in [1.54, 1.807) is 12.1 Å². The largest absolute Gasteiger partial charge is 0.481 e. The van der Waals surface area contributed by atoms with Gasteiger partial charge in [-0.25, -0.2) is 14.4 Å². The maximum atomic E-state index is 14.8. The van der Waals surface area contributed by atoms with Gasteiger partial charge in [-0.3, -0.25) is 9.78 Å². The third kappa shape index (κ3) is 4.75. The number of aromatic nitrogens is 3. The van der Waals surface area contributed by atoms with Crippen LogP contribution in [0.5, 0.6) is 11.6 Å². The van der Waals surface area contributed by atoms with Crippen LogP contribution >= 0.6 is 12.4 Å². The lowest BCUT2D eigenvalue weighted by molar-refractivity contribution is -0.208. The van der Waals surface area contributed by atoms with Gasteiger partial charge in [0.25, 0.3) is 5.91 Å². The van der Waals surface area contributed by atoms with Gasteiger partial charge in [0.15, 0.2) is 18.2 Å². The minimum absolute atomic E-state index is 0. The first-order chi connectivity index (χ1) is 17.9. The van der Waals surface area contributed by atoms with Crippen molar-refractivity contribution in [3.8, 4) is 11.6 Å². The van der Waals surface area contributed by atoms with Crippen LogP contribution in [0.4, 0.5) is 10.2 Å². The Balaban J connectivity index is 0.00000294. The van der Waals surface area contributed by atoms with E-state index in [4.69, 9.17) is 14.2 Å². The topological polar surface area (TPSA) is 128 Å². The average Bonchev–Trinajstić information content (AvgIpc) is 2.94. The Hall–Kier alpha value is -3.12. The van der Waals surface area contributed by atoms with Crippen molar-refractivity contribution in [1.82, 2.24) is 20.3 Å². The van der Waals surface area contributed by atoms with Crippen molar-refractivity contribution < 1.29 is 28.5 Å². The molecule has 2 saturated heterocycles. The summed E-state index contributed by atoms with van der Waals surface area (Å²) in [7, 11) is 1.50. The molecule has 1 amide bonds. The molecule has 4 aliphatic rings. The molecule has 3 aliphatic heterocycles. The minimum atomic E-state index is -0.898. The van der Waals surface area contributed by atoms with Gasteiger partial charge in [-0.2, -0.15) is 0 Å². The number of ether oxygens (including phenoxy) is 3. The van der Waals surface area contributed by atoms with Crippen LogP contribution in [0.1, 0.15) is 36.9 Å². The molecular weight excluding hydrogens is 517 g/mol. The van der Waals surface area contributed by atoms with E-state index in [9.17, 15) is 14.3 Å². The van der Waals surface area contributed by atoms with Gasteiger partial charge in [0.2, 0.25) is 5.88 Å². The number of hydrogen-bond acceptors (Lipinski definition) is 9. The van der Waals surface area contributed by atoms with Crippen LogP contribution in [0.3, 0.4) is 0 Å². The van der Waals surface area contributed by atoms with Gasteiger partial charge in [-0.1, -0.05) is 0 Å². The smallest absolute Gasteiger partial charge is 0.263 e. The first kappa shape index (κ1) is 26.5. The highest BCUT2D eigenvalue weighted by molar-refractivity contribution is 5.94. The first-order valence-corrected chi connectivity index (χ1v) is 12.4. The van der Waals surface area contributed by atoms with E-state index in [1.165, 1.54) is 13.3 Å². The second-order valence-electron chi connectivity index (χ2n) is 10.00. The van der Waals surface area contributed by atoms with Crippen LogP contribution in [0, 0.1) is 5.82 Å². The summed E-state index contributed by atoms with van der Waals surface area (Å²) in [4.78, 5) is 24.6. The van der Waals surface area contributed by atoms with Gasteiger partial charge in [-0.05, 0) is 43.9 Å². The van der Waals surface area contributed by atoms with Crippen molar-refractivity contribution in [2.24, 2.45) is 0 Å². The van der Waals surface area contributed by atoms with Crippen molar-refractivity contribution in [3.63, 3.8) is 0 Å². The molecule has 1 aliphatic carbocycles. The number of anilines is 1. The molecule has 38 heavy (non-hydrogen) atoms. The molecule has 0 radical (unpaired) electrons. The highest BCUT2D eigenvalue weighted by atomic mass is 35.5. The number of amides is 1. The van der Waals surface area contributed by atoms with E-state index in [0.717, 1.165) is 18.5 Å². The average molecular weight is 546 g/mol. The van der Waals surface area contributed by atoms with E-state index in [-0.39, 0.29) is 36.9 Å². The summed E-state index contributed by atoms with van der Waals surface area (Å²) >= 11 is 0. The number of methoxy groups -OCH3 is 1. The molecule has 3 aromatic heterocycles. The maximum Gasteiger partial charge on any atom is 0.263 e. The predicted octanol–water partition coefficient (Wildman–Crippen LogP) is 2.70. The van der Waals surface area contributed by atoms with E-state index in [1.807, 2.05) is 12.1 Å². The lowest BCUT2D eigenvalue weighted by Crippen LogP contribution is -2.65. The number of rotatable bonds is 7. The molecule has 0 aromatic carbocycles. The number of nitrogens with zero attached hydrogens (tertiary/aromatic N) is 3. The molecule has 202 valence electrons. The monoisotopic (exact) mass is 545 g/mol. The molecule has 0 unspecified atom stereocenters. The molecule has 3 N–H and O–H groups in total. The Morgan fingerprint density at radius 3 is 2.76 bits per heavy atom. The van der Waals surface area contributed by atoms with Crippen molar-refractivity contribution >= 4 is 35.2 Å². The fourth-order valence-electron chi connectivity index (χ4n) is 5.52. The summed E-state index contributed by atoms with van der Waals surface area (Å²) in [6.45, 7) is 0.930. The van der Waals surface area contributed by atoms with E-state index in [2.05, 4.69) is 25.6 Å². The number of carbonyl (C=O) groups excluding carboxylic acids is 1. The SMILES string of the molecule is COc1ccc2ncc(F)c(C[C@@H](O)C34CCC(NCc5ccc6c(n5)NC(=O)CO6)(CC3)CO4)c2n1.Cl. The highest BCUT2D eigenvalue weighted by Gasteiger charge is 2.53. The number of nitrogens with one attached hydrogen (secondary N) is 2. The van der Waals surface area contributed by atoms with Crippen LogP contribution < -0.4 is 20.1 Å². The summed E-state index contributed by atoms with van der Waals surface area (Å²) in [6, 6.07) is 7.08. The van der Waals surface area contributed by atoms with Gasteiger partial charge in [-0.15, -0.1) is 12.4 Å². The molecule has 10 nitrogen and oxygen atoms in total. The van der Waals surface area contributed by atoms with Crippen LogP contribution in [-0.2, 0) is 22.5 Å². The van der Waals surface area contributed by atoms with Gasteiger partial charge in [0.05, 0.1) is 48.3 Å². The third-order valence-corrected chi connectivity index (χ3v) is 7.82. The third-order valence-electron chi connectivity index (χ3n) is 7.82. The molecule has 3 aromatic rings. The van der Waals surface area contributed by atoms with Crippen LogP contribution in [0.2, 0.25) is 0 Å². The molecule has 1 atom stereocenters. The molecule has 3 fully saturated rings. The Morgan fingerprint density at radius 1 is 1.21 bits per heavy atom. The summed E-state index contributed by atoms with van der Waals surface area (Å²) in [6.07, 6.45) is 3.23. The fraction of sp³-hybridized carbons (Fsp3) is 0.462. The molecular formula is C26H29ClFN5O5. The Morgan fingerprint density at radius 2 is 2.03 bits per heavy atom. The maximum absolute atomic E-state index is 14.8. The van der Waals surface area contributed by atoms with Gasteiger partial charge >= 0.3 is 0 Å². The van der Waals surface area contributed by atoms with Crippen LogP contribution in [0.15, 0.2) is 30.5 Å². The predicted molar refractivity (Wildman–Crippen MR) is 138 cm³/mol. The minimum Gasteiger partial charge on any atom is -0.481 e. The number of aliphatic hydroxyl groups excluding tert-OH is 1. The highest BCUT2D eigenvalue weighted by Crippen LogP contribution is 2.46. The molecule has 0 spiro atoms. The number of halogens is 2. The standard InChI is InChI=1S/C26H28FN5O5.ClH/c1-35-22-5-3-18-23(32-22)16(17(27)12-28-18)10-20(33)26-8-6-25(7-9-26,14-37-26)29-11-15-2-4-19-24(30-15)31-21(34)13-36-19;/h2-5,12,20,29,33H,6-11,13-14H2,1H3,(H,30,31,34);1H/t20-,25?,26?;/m1./s1.